The molecule has 0 radical (unpaired) electrons. The van der Waals surface area contributed by atoms with Crippen molar-refractivity contribution in [3.8, 4) is 5.88 Å². The van der Waals surface area contributed by atoms with E-state index >= 15 is 0 Å². The van der Waals surface area contributed by atoms with Gasteiger partial charge in [-0.2, -0.15) is 4.98 Å². The fourth-order valence-electron chi connectivity index (χ4n) is 2.96. The number of hydrogen-bond donors (Lipinski definition) is 1. The molecule has 1 aliphatic rings. The number of ether oxygens (including phenoxy) is 2. The topological polar surface area (TPSA) is 98.4 Å². The zero-order valence-electron chi connectivity index (χ0n) is 14.3. The predicted molar refractivity (Wildman–Crippen MR) is 93.2 cm³/mol. The Morgan fingerprint density at radius 2 is 2.08 bits per heavy atom. The maximum absolute atomic E-state index is 12.6. The highest BCUT2D eigenvalue weighted by atomic mass is 35.5. The first-order chi connectivity index (χ1) is 12.3. The van der Waals surface area contributed by atoms with Crippen molar-refractivity contribution >= 4 is 23.4 Å². The van der Waals surface area contributed by atoms with Crippen molar-refractivity contribution in [2.45, 2.75) is 19.8 Å². The summed E-state index contributed by atoms with van der Waals surface area (Å²) in [5.74, 6) is -2.12. The highest BCUT2D eigenvalue weighted by molar-refractivity contribution is 6.30. The molecule has 0 bridgehead atoms. The van der Waals surface area contributed by atoms with Crippen molar-refractivity contribution in [2.24, 2.45) is 0 Å². The van der Waals surface area contributed by atoms with E-state index in [1.165, 1.54) is 14.0 Å². The third-order valence-corrected chi connectivity index (χ3v) is 4.23. The van der Waals surface area contributed by atoms with Gasteiger partial charge in [-0.25, -0.2) is 4.79 Å². The quantitative estimate of drug-likeness (QED) is 0.827. The number of benzene rings is 1. The number of allylic oxidation sites excluding steroid dienone is 1. The minimum atomic E-state index is -0.860. The summed E-state index contributed by atoms with van der Waals surface area (Å²) in [4.78, 5) is 44.0. The summed E-state index contributed by atoms with van der Waals surface area (Å²) in [7, 11) is 1.18. The second kappa shape index (κ2) is 6.76. The normalized spacial score (nSPS) is 15.9. The molecule has 3 rings (SSSR count). The first-order valence-corrected chi connectivity index (χ1v) is 8.08. The molecule has 2 aromatic rings. The van der Waals surface area contributed by atoms with E-state index in [-0.39, 0.29) is 22.8 Å². The fraction of sp³-hybridized carbons (Fsp3) is 0.222. The van der Waals surface area contributed by atoms with Crippen LogP contribution in [0.3, 0.4) is 0 Å². The number of esters is 1. The number of aromatic amines is 1. The number of aryl methyl sites for hydroxylation is 1. The Hall–Kier alpha value is -2.93. The number of aromatic nitrogens is 2. The van der Waals surface area contributed by atoms with Gasteiger partial charge in [0.25, 0.3) is 5.56 Å². The SMILES string of the molecule is COC(=O)C1=C(C(C)=O)[C@@H](c2cccc(Cl)c2)c2c(nc(C)[nH]c2=O)O1. The van der Waals surface area contributed by atoms with Gasteiger partial charge in [-0.1, -0.05) is 23.7 Å². The van der Waals surface area contributed by atoms with Gasteiger partial charge in [-0.05, 0) is 31.5 Å². The molecule has 1 aliphatic heterocycles. The molecule has 0 fully saturated rings. The molecule has 26 heavy (non-hydrogen) atoms. The smallest absolute Gasteiger partial charge is 0.374 e. The van der Waals surface area contributed by atoms with Gasteiger partial charge in [0.15, 0.2) is 5.78 Å². The van der Waals surface area contributed by atoms with E-state index in [0.29, 0.717) is 16.4 Å². The van der Waals surface area contributed by atoms with Crippen LogP contribution < -0.4 is 10.3 Å². The molecule has 7 nitrogen and oxygen atoms in total. The summed E-state index contributed by atoms with van der Waals surface area (Å²) in [6, 6.07) is 6.70. The van der Waals surface area contributed by atoms with Gasteiger partial charge in [-0.15, -0.1) is 0 Å². The van der Waals surface area contributed by atoms with Crippen molar-refractivity contribution in [1.29, 1.82) is 0 Å². The van der Waals surface area contributed by atoms with Crippen LogP contribution in [-0.2, 0) is 14.3 Å². The predicted octanol–water partition coefficient (Wildman–Crippen LogP) is 2.27. The van der Waals surface area contributed by atoms with Crippen LogP contribution in [0.5, 0.6) is 5.88 Å². The highest BCUT2D eigenvalue weighted by Crippen LogP contribution is 2.41. The van der Waals surface area contributed by atoms with Crippen LogP contribution in [0.25, 0.3) is 0 Å². The molecule has 134 valence electrons. The van der Waals surface area contributed by atoms with Crippen molar-refractivity contribution in [3.63, 3.8) is 0 Å². The van der Waals surface area contributed by atoms with E-state index in [9.17, 15) is 14.4 Å². The third kappa shape index (κ3) is 3.01. The Morgan fingerprint density at radius 3 is 2.69 bits per heavy atom. The van der Waals surface area contributed by atoms with Gasteiger partial charge in [0.1, 0.15) is 5.82 Å². The van der Waals surface area contributed by atoms with Gasteiger partial charge < -0.3 is 14.5 Å². The summed E-state index contributed by atoms with van der Waals surface area (Å²) in [5.41, 5.74) is 0.253. The van der Waals surface area contributed by atoms with Crippen LogP contribution >= 0.6 is 11.6 Å². The van der Waals surface area contributed by atoms with Crippen molar-refractivity contribution in [1.82, 2.24) is 9.97 Å². The number of methoxy groups -OCH3 is 1. The van der Waals surface area contributed by atoms with Crippen LogP contribution in [0.1, 0.15) is 29.8 Å². The number of nitrogens with one attached hydrogen (secondary N) is 1. The van der Waals surface area contributed by atoms with Gasteiger partial charge in [0.2, 0.25) is 11.6 Å². The van der Waals surface area contributed by atoms with Gasteiger partial charge >= 0.3 is 5.97 Å². The Kier molecular flexibility index (Phi) is 4.65. The molecule has 1 aromatic heterocycles. The maximum atomic E-state index is 12.6. The number of fused-ring (bicyclic) bond motifs is 1. The van der Waals surface area contributed by atoms with E-state index in [2.05, 4.69) is 9.97 Å². The summed E-state index contributed by atoms with van der Waals surface area (Å²) in [5, 5.41) is 0.426. The molecule has 8 heteroatoms. The molecule has 1 atom stereocenters. The number of ketones is 1. The first kappa shape index (κ1) is 17.9. The molecule has 0 spiro atoms. The van der Waals surface area contributed by atoms with Crippen molar-refractivity contribution in [3.05, 3.63) is 67.9 Å². The standard InChI is InChI=1S/C18H15ClN2O5/c1-8(22)12-13(10-5-4-6-11(19)7-10)14-16(23)20-9(2)21-17(14)26-15(12)18(24)25-3/h4-7,13H,1-3H3,(H,20,21,23)/t13-/m1/s1. The number of halogens is 1. The van der Waals surface area contributed by atoms with Crippen LogP contribution in [0.15, 0.2) is 40.4 Å². The lowest BCUT2D eigenvalue weighted by Crippen LogP contribution is -2.31. The lowest BCUT2D eigenvalue weighted by Gasteiger charge is -2.27. The molecule has 0 unspecified atom stereocenters. The molecular formula is C18H15ClN2O5. The fourth-order valence-corrected chi connectivity index (χ4v) is 3.15. The lowest BCUT2D eigenvalue weighted by atomic mass is 9.82. The number of hydrogen-bond acceptors (Lipinski definition) is 6. The Morgan fingerprint density at radius 1 is 1.35 bits per heavy atom. The number of rotatable bonds is 3. The maximum Gasteiger partial charge on any atom is 0.374 e. The Bertz CT molecular complexity index is 1010. The molecule has 0 aliphatic carbocycles. The molecule has 2 heterocycles. The van der Waals surface area contributed by atoms with Crippen molar-refractivity contribution in [2.75, 3.05) is 7.11 Å². The average Bonchev–Trinajstić information content (AvgIpc) is 2.58. The van der Waals surface area contributed by atoms with Crippen molar-refractivity contribution < 1.29 is 19.1 Å². The number of carbonyl (C=O) groups is 2. The summed E-state index contributed by atoms with van der Waals surface area (Å²) in [6.07, 6.45) is 0. The minimum absolute atomic E-state index is 0.0165. The zero-order valence-corrected chi connectivity index (χ0v) is 15.0. The van der Waals surface area contributed by atoms with Gasteiger partial charge in [0, 0.05) is 5.02 Å². The van der Waals surface area contributed by atoms with Crippen LogP contribution in [0.2, 0.25) is 5.02 Å². The molecule has 0 saturated heterocycles. The van der Waals surface area contributed by atoms with Crippen LogP contribution in [0.4, 0.5) is 0 Å². The number of H-pyrrole nitrogens is 1. The number of nitrogens with zero attached hydrogens (tertiary/aromatic N) is 1. The van der Waals surface area contributed by atoms with E-state index < -0.39 is 23.2 Å². The largest absolute Gasteiger partial charge is 0.463 e. The molecule has 1 N–H and O–H groups in total. The lowest BCUT2D eigenvalue weighted by molar-refractivity contribution is -0.139. The first-order valence-electron chi connectivity index (χ1n) is 7.71. The van der Waals surface area contributed by atoms with E-state index in [0.717, 1.165) is 0 Å². The van der Waals surface area contributed by atoms with E-state index in [1.54, 1.807) is 31.2 Å². The summed E-state index contributed by atoms with van der Waals surface area (Å²) < 4.78 is 10.3. The number of carbonyl (C=O) groups excluding carboxylic acids is 2. The molecule has 0 saturated carbocycles. The van der Waals surface area contributed by atoms with E-state index in [1.807, 2.05) is 0 Å². The summed E-state index contributed by atoms with van der Waals surface area (Å²) >= 11 is 6.08. The second-order valence-corrected chi connectivity index (χ2v) is 6.19. The highest BCUT2D eigenvalue weighted by Gasteiger charge is 2.39. The van der Waals surface area contributed by atoms with Crippen LogP contribution in [0, 0.1) is 6.92 Å². The summed E-state index contributed by atoms with van der Waals surface area (Å²) in [6.45, 7) is 2.88. The minimum Gasteiger partial charge on any atom is -0.463 e. The molecule has 0 amide bonds. The van der Waals surface area contributed by atoms with Gasteiger partial charge in [0.05, 0.1) is 24.2 Å². The Balaban J connectivity index is 2.38. The number of Topliss-reactive ketones (excluding diaryl/α,β-unsaturated/α-hetero) is 1. The van der Waals surface area contributed by atoms with Crippen LogP contribution in [-0.4, -0.2) is 28.8 Å². The van der Waals surface area contributed by atoms with E-state index in [4.69, 9.17) is 21.1 Å². The zero-order chi connectivity index (χ0) is 19.0. The Labute approximate surface area is 153 Å². The average molecular weight is 375 g/mol. The molecule has 1 aromatic carbocycles. The third-order valence-electron chi connectivity index (χ3n) is 3.99. The molecular weight excluding hydrogens is 360 g/mol. The second-order valence-electron chi connectivity index (χ2n) is 5.75. The van der Waals surface area contributed by atoms with Gasteiger partial charge in [-0.3, -0.25) is 9.59 Å². The monoisotopic (exact) mass is 374 g/mol.